The fourth-order valence-corrected chi connectivity index (χ4v) is 5.63. The second-order valence-electron chi connectivity index (χ2n) is 9.66. The van der Waals surface area contributed by atoms with E-state index in [1.54, 1.807) is 37.9 Å². The van der Waals surface area contributed by atoms with Crippen molar-refractivity contribution in [1.29, 1.82) is 0 Å². The van der Waals surface area contributed by atoms with E-state index in [1.807, 2.05) is 24.3 Å². The molecule has 0 bridgehead atoms. The molecule has 1 saturated carbocycles. The number of amides is 1. The Bertz CT molecular complexity index is 1900. The summed E-state index contributed by atoms with van der Waals surface area (Å²) in [6, 6.07) is 7.57. The van der Waals surface area contributed by atoms with Gasteiger partial charge in [-0.05, 0) is 44.0 Å². The Morgan fingerprint density at radius 1 is 1.03 bits per heavy atom. The average Bonchev–Trinajstić information content (AvgIpc) is 3.65. The highest BCUT2D eigenvalue weighted by Gasteiger charge is 2.25. The van der Waals surface area contributed by atoms with E-state index in [-0.39, 0.29) is 17.6 Å². The molecule has 0 aliphatic heterocycles. The molecule has 0 saturated heterocycles. The van der Waals surface area contributed by atoms with Crippen molar-refractivity contribution in [3.8, 4) is 33.2 Å². The largest absolute Gasteiger partial charge is 0.335 e. The zero-order chi connectivity index (χ0) is 26.5. The number of thiophene rings is 1. The van der Waals surface area contributed by atoms with Gasteiger partial charge >= 0.3 is 0 Å². The van der Waals surface area contributed by atoms with Crippen molar-refractivity contribution < 1.29 is 9.59 Å². The van der Waals surface area contributed by atoms with Gasteiger partial charge in [0.15, 0.2) is 11.6 Å². The molecule has 10 nitrogen and oxygen atoms in total. The number of hydrogen-bond acceptors (Lipinski definition) is 8. The zero-order valence-electron chi connectivity index (χ0n) is 20.9. The molecule has 0 atom stereocenters. The van der Waals surface area contributed by atoms with Crippen molar-refractivity contribution in [2.75, 3.05) is 5.32 Å². The number of nitrogens with one attached hydrogen (secondary N) is 3. The quantitative estimate of drug-likeness (QED) is 0.235. The van der Waals surface area contributed by atoms with Gasteiger partial charge in [-0.15, -0.1) is 11.3 Å². The topological polar surface area (TPSA) is 142 Å². The third-order valence-electron chi connectivity index (χ3n) is 7.06. The van der Waals surface area contributed by atoms with E-state index in [4.69, 9.17) is 4.98 Å². The van der Waals surface area contributed by atoms with Gasteiger partial charge in [-0.2, -0.15) is 5.10 Å². The zero-order valence-corrected chi connectivity index (χ0v) is 21.7. The number of rotatable bonds is 6. The minimum Gasteiger partial charge on any atom is -0.335 e. The maximum absolute atomic E-state index is 12.4. The van der Waals surface area contributed by atoms with Crippen LogP contribution in [0.5, 0.6) is 0 Å². The Labute approximate surface area is 226 Å². The Hall–Kier alpha value is -4.77. The van der Waals surface area contributed by atoms with Crippen molar-refractivity contribution in [2.24, 2.45) is 5.92 Å². The van der Waals surface area contributed by atoms with Crippen LogP contribution < -0.4 is 5.32 Å². The lowest BCUT2D eigenvalue weighted by Gasteiger charge is -2.24. The van der Waals surface area contributed by atoms with E-state index >= 15 is 0 Å². The number of carbonyl (C=O) groups is 2. The molecular weight excluding hydrogens is 512 g/mol. The molecule has 7 rings (SSSR count). The summed E-state index contributed by atoms with van der Waals surface area (Å²) < 4.78 is 0. The lowest BCUT2D eigenvalue weighted by Crippen LogP contribution is -2.28. The van der Waals surface area contributed by atoms with Crippen LogP contribution in [0.2, 0.25) is 0 Å². The summed E-state index contributed by atoms with van der Waals surface area (Å²) >= 11 is 1.42. The van der Waals surface area contributed by atoms with Gasteiger partial charge in [-0.1, -0.05) is 6.42 Å². The molecule has 6 heterocycles. The highest BCUT2D eigenvalue weighted by atomic mass is 32.1. The summed E-state index contributed by atoms with van der Waals surface area (Å²) in [6.07, 6.45) is 11.6. The van der Waals surface area contributed by atoms with Crippen LogP contribution in [0.1, 0.15) is 35.9 Å². The maximum Gasteiger partial charge on any atom is 0.227 e. The second-order valence-corrected chi connectivity index (χ2v) is 10.7. The molecule has 6 aromatic heterocycles. The molecular formula is C28H22N8O2S. The first-order chi connectivity index (χ1) is 19.0. The summed E-state index contributed by atoms with van der Waals surface area (Å²) in [7, 11) is 0. The van der Waals surface area contributed by atoms with Crippen LogP contribution in [0.15, 0.2) is 55.2 Å². The first-order valence-corrected chi connectivity index (χ1v) is 13.4. The van der Waals surface area contributed by atoms with E-state index < -0.39 is 0 Å². The Morgan fingerprint density at radius 3 is 2.69 bits per heavy atom. The summed E-state index contributed by atoms with van der Waals surface area (Å²) in [5.74, 6) is 0.750. The predicted octanol–water partition coefficient (Wildman–Crippen LogP) is 5.63. The van der Waals surface area contributed by atoms with Gasteiger partial charge < -0.3 is 10.3 Å². The molecule has 3 N–H and O–H groups in total. The number of pyridine rings is 3. The minimum atomic E-state index is 0.0305. The van der Waals surface area contributed by atoms with Crippen LogP contribution in [0, 0.1) is 5.92 Å². The van der Waals surface area contributed by atoms with Gasteiger partial charge in [-0.25, -0.2) is 4.98 Å². The fourth-order valence-electron chi connectivity index (χ4n) is 4.72. The molecule has 0 aromatic carbocycles. The summed E-state index contributed by atoms with van der Waals surface area (Å²) in [5, 5.41) is 11.4. The molecule has 1 aliphatic carbocycles. The van der Waals surface area contributed by atoms with E-state index in [9.17, 15) is 9.59 Å². The standard InChI is InChI=1S/C28H22N8O2S/c1-14(37)23-5-6-24(39-23)19-11-30-12-22-25(19)34-27(33-22)26-18-8-20(31-13-21(18)35-36-26)16-7-17(10-29-9-16)32-28(38)15-3-2-4-15/h5-13,15H,2-4H2,1H3,(H,32,38)(H,33,34)(H,35,36). The van der Waals surface area contributed by atoms with E-state index in [0.29, 0.717) is 27.8 Å². The first kappa shape index (κ1) is 23.4. The number of Topliss-reactive ketones (excluding diaryl/α,β-unsaturated/α-hetero) is 1. The van der Waals surface area contributed by atoms with Gasteiger partial charge in [0.25, 0.3) is 0 Å². The highest BCUT2D eigenvalue weighted by Crippen LogP contribution is 2.35. The second kappa shape index (κ2) is 9.21. The third kappa shape index (κ3) is 4.16. The van der Waals surface area contributed by atoms with Gasteiger partial charge in [0.05, 0.1) is 45.9 Å². The number of ketones is 1. The number of aromatic nitrogens is 7. The van der Waals surface area contributed by atoms with Crippen LogP contribution >= 0.6 is 11.3 Å². The molecule has 6 aromatic rings. The number of nitrogens with zero attached hydrogens (tertiary/aromatic N) is 5. The molecule has 39 heavy (non-hydrogen) atoms. The lowest BCUT2D eigenvalue weighted by molar-refractivity contribution is -0.122. The van der Waals surface area contributed by atoms with Crippen molar-refractivity contribution in [1.82, 2.24) is 35.1 Å². The minimum absolute atomic E-state index is 0.0305. The number of fused-ring (bicyclic) bond motifs is 2. The van der Waals surface area contributed by atoms with Gasteiger partial charge in [0.2, 0.25) is 5.91 Å². The van der Waals surface area contributed by atoms with Crippen molar-refractivity contribution in [3.05, 3.63) is 60.1 Å². The molecule has 1 aliphatic rings. The molecule has 11 heteroatoms. The number of anilines is 1. The van der Waals surface area contributed by atoms with Crippen molar-refractivity contribution in [3.63, 3.8) is 0 Å². The van der Waals surface area contributed by atoms with Crippen LogP contribution in [0.3, 0.4) is 0 Å². The SMILES string of the molecule is CC(=O)c1ccc(-c2cncc3[nH]c(-c4n[nH]c5cnc(-c6cncc(NC(=O)C7CCC7)c6)cc45)nc23)s1. The van der Waals surface area contributed by atoms with Crippen molar-refractivity contribution >= 4 is 50.7 Å². The van der Waals surface area contributed by atoms with Gasteiger partial charge in [0, 0.05) is 39.7 Å². The first-order valence-electron chi connectivity index (χ1n) is 12.6. The van der Waals surface area contributed by atoms with Crippen LogP contribution in [-0.4, -0.2) is 46.8 Å². The molecule has 1 amide bonds. The lowest BCUT2D eigenvalue weighted by atomic mass is 9.85. The van der Waals surface area contributed by atoms with E-state index in [0.717, 1.165) is 57.2 Å². The molecule has 192 valence electrons. The smallest absolute Gasteiger partial charge is 0.227 e. The molecule has 0 unspecified atom stereocenters. The predicted molar refractivity (Wildman–Crippen MR) is 149 cm³/mol. The Morgan fingerprint density at radius 2 is 1.90 bits per heavy atom. The molecule has 1 fully saturated rings. The third-order valence-corrected chi connectivity index (χ3v) is 8.28. The molecule has 0 radical (unpaired) electrons. The number of H-pyrrole nitrogens is 2. The number of carbonyl (C=O) groups excluding carboxylic acids is 2. The van der Waals surface area contributed by atoms with E-state index in [1.165, 1.54) is 11.3 Å². The highest BCUT2D eigenvalue weighted by molar-refractivity contribution is 7.17. The summed E-state index contributed by atoms with van der Waals surface area (Å²) in [4.78, 5) is 47.3. The monoisotopic (exact) mass is 534 g/mol. The number of aromatic amines is 2. The van der Waals surface area contributed by atoms with Gasteiger partial charge in [-0.3, -0.25) is 29.6 Å². The maximum atomic E-state index is 12.4. The Kier molecular flexibility index (Phi) is 5.51. The molecule has 0 spiro atoms. The summed E-state index contributed by atoms with van der Waals surface area (Å²) in [6.45, 7) is 1.56. The average molecular weight is 535 g/mol. The van der Waals surface area contributed by atoms with E-state index in [2.05, 4.69) is 35.5 Å². The van der Waals surface area contributed by atoms with Crippen LogP contribution in [0.25, 0.3) is 55.2 Å². The van der Waals surface area contributed by atoms with Crippen molar-refractivity contribution in [2.45, 2.75) is 26.2 Å². The Balaban J connectivity index is 1.25. The van der Waals surface area contributed by atoms with Crippen LogP contribution in [-0.2, 0) is 4.79 Å². The van der Waals surface area contributed by atoms with Gasteiger partial charge in [0.1, 0.15) is 11.2 Å². The normalized spacial score (nSPS) is 13.6. The summed E-state index contributed by atoms with van der Waals surface area (Å²) in [5.41, 5.74) is 5.91. The van der Waals surface area contributed by atoms with Crippen LogP contribution in [0.4, 0.5) is 5.69 Å². The number of imidazole rings is 1. The fraction of sp³-hybridized carbons (Fsp3) is 0.179. The number of hydrogen-bond donors (Lipinski definition) is 3.